The van der Waals surface area contributed by atoms with Crippen LogP contribution in [0.3, 0.4) is 0 Å². The van der Waals surface area contributed by atoms with E-state index in [1.165, 1.54) is 7.11 Å². The molecule has 1 aromatic rings. The lowest BCUT2D eigenvalue weighted by Gasteiger charge is -2.07. The van der Waals surface area contributed by atoms with E-state index in [-0.39, 0.29) is 11.7 Å². The maximum atomic E-state index is 10.9. The van der Waals surface area contributed by atoms with Crippen molar-refractivity contribution in [2.45, 2.75) is 19.3 Å². The predicted octanol–water partition coefficient (Wildman–Crippen LogP) is 3.41. The molecule has 1 rings (SSSR count). The number of aromatic hydroxyl groups is 1. The maximum Gasteiger partial charge on any atom is 0.305 e. The number of ether oxygens (including phenoxy) is 1. The lowest BCUT2D eigenvalue weighted by Crippen LogP contribution is -2.00. The Bertz CT molecular complexity index is 391. The van der Waals surface area contributed by atoms with Crippen molar-refractivity contribution in [2.75, 3.05) is 7.11 Å². The fourth-order valence-electron chi connectivity index (χ4n) is 1.34. The molecular weight excluding hydrogens is 340 g/mol. The van der Waals surface area contributed by atoms with Crippen molar-refractivity contribution in [3.8, 4) is 5.75 Å². The molecule has 5 heteroatoms. The Morgan fingerprint density at radius 3 is 2.75 bits per heavy atom. The molecule has 1 aromatic carbocycles. The molecule has 3 nitrogen and oxygen atoms in total. The maximum absolute atomic E-state index is 10.9. The van der Waals surface area contributed by atoms with E-state index in [4.69, 9.17) is 0 Å². The molecule has 0 amide bonds. The monoisotopic (exact) mass is 350 g/mol. The van der Waals surface area contributed by atoms with Crippen molar-refractivity contribution in [3.63, 3.8) is 0 Å². The summed E-state index contributed by atoms with van der Waals surface area (Å²) in [7, 11) is 1.37. The van der Waals surface area contributed by atoms with Crippen LogP contribution in [-0.2, 0) is 16.0 Å². The van der Waals surface area contributed by atoms with E-state index in [0.29, 0.717) is 23.7 Å². The molecule has 0 aromatic heterocycles. The van der Waals surface area contributed by atoms with Gasteiger partial charge in [-0.05, 0) is 46.5 Å². The van der Waals surface area contributed by atoms with Crippen molar-refractivity contribution < 1.29 is 14.6 Å². The van der Waals surface area contributed by atoms with Crippen molar-refractivity contribution in [3.05, 3.63) is 26.6 Å². The summed E-state index contributed by atoms with van der Waals surface area (Å²) >= 11 is 6.61. The Labute approximate surface area is 111 Å². The highest BCUT2D eigenvalue weighted by Gasteiger charge is 2.08. The van der Waals surface area contributed by atoms with Gasteiger partial charge in [0.15, 0.2) is 0 Å². The van der Waals surface area contributed by atoms with Gasteiger partial charge < -0.3 is 9.84 Å². The zero-order valence-electron chi connectivity index (χ0n) is 8.80. The molecule has 0 aliphatic carbocycles. The van der Waals surface area contributed by atoms with Crippen LogP contribution in [-0.4, -0.2) is 18.2 Å². The van der Waals surface area contributed by atoms with E-state index in [2.05, 4.69) is 36.6 Å². The summed E-state index contributed by atoms with van der Waals surface area (Å²) in [6, 6.07) is 3.62. The zero-order valence-corrected chi connectivity index (χ0v) is 12.0. The fourth-order valence-corrected chi connectivity index (χ4v) is 2.65. The van der Waals surface area contributed by atoms with Crippen molar-refractivity contribution >= 4 is 37.8 Å². The second-order valence-corrected chi connectivity index (χ2v) is 5.10. The van der Waals surface area contributed by atoms with Crippen LogP contribution in [0.25, 0.3) is 0 Å². The Kier molecular flexibility index (Phi) is 5.28. The summed E-state index contributed by atoms with van der Waals surface area (Å²) < 4.78 is 6.09. The van der Waals surface area contributed by atoms with Crippen LogP contribution in [0.4, 0.5) is 0 Å². The van der Waals surface area contributed by atoms with Crippen LogP contribution in [0.5, 0.6) is 5.75 Å². The molecule has 0 aliphatic rings. The van der Waals surface area contributed by atoms with Gasteiger partial charge in [-0.2, -0.15) is 0 Å². The number of halogens is 2. The van der Waals surface area contributed by atoms with E-state index in [9.17, 15) is 9.90 Å². The summed E-state index contributed by atoms with van der Waals surface area (Å²) in [4.78, 5) is 10.9. The lowest BCUT2D eigenvalue weighted by molar-refractivity contribution is -0.140. The van der Waals surface area contributed by atoms with Gasteiger partial charge >= 0.3 is 5.97 Å². The first-order valence-electron chi connectivity index (χ1n) is 4.78. The van der Waals surface area contributed by atoms with Crippen LogP contribution < -0.4 is 0 Å². The Morgan fingerprint density at radius 2 is 2.12 bits per heavy atom. The molecule has 0 unspecified atom stereocenters. The van der Waals surface area contributed by atoms with Gasteiger partial charge in [0.25, 0.3) is 0 Å². The number of methoxy groups -OCH3 is 1. The molecule has 0 fully saturated rings. The molecule has 16 heavy (non-hydrogen) atoms. The average Bonchev–Trinajstić information content (AvgIpc) is 2.24. The van der Waals surface area contributed by atoms with Crippen molar-refractivity contribution in [2.24, 2.45) is 0 Å². The smallest absolute Gasteiger partial charge is 0.305 e. The summed E-state index contributed by atoms with van der Waals surface area (Å²) in [5.41, 5.74) is 0.810. The van der Waals surface area contributed by atoms with Crippen molar-refractivity contribution in [1.29, 1.82) is 0 Å². The highest BCUT2D eigenvalue weighted by Crippen LogP contribution is 2.32. The molecule has 0 radical (unpaired) electrons. The van der Waals surface area contributed by atoms with Crippen LogP contribution in [0.15, 0.2) is 21.1 Å². The van der Waals surface area contributed by atoms with E-state index in [1.807, 2.05) is 6.07 Å². The van der Waals surface area contributed by atoms with Gasteiger partial charge in [-0.1, -0.05) is 15.9 Å². The average molecular weight is 352 g/mol. The molecule has 88 valence electrons. The van der Waals surface area contributed by atoms with Gasteiger partial charge in [0, 0.05) is 10.9 Å². The van der Waals surface area contributed by atoms with Gasteiger partial charge in [0.1, 0.15) is 5.75 Å². The quantitative estimate of drug-likeness (QED) is 0.845. The molecule has 0 atom stereocenters. The van der Waals surface area contributed by atoms with E-state index in [0.717, 1.165) is 10.0 Å². The van der Waals surface area contributed by atoms with Gasteiger partial charge in [-0.3, -0.25) is 4.79 Å². The number of hydrogen-bond donors (Lipinski definition) is 1. The first kappa shape index (κ1) is 13.5. The number of phenolic OH excluding ortho intramolecular Hbond substituents is 1. The first-order valence-corrected chi connectivity index (χ1v) is 6.37. The van der Waals surface area contributed by atoms with Crippen LogP contribution in [0, 0.1) is 0 Å². The normalized spacial score (nSPS) is 10.2. The molecule has 0 saturated heterocycles. The number of phenols is 1. The van der Waals surface area contributed by atoms with Gasteiger partial charge in [0.05, 0.1) is 11.6 Å². The summed E-state index contributed by atoms with van der Waals surface area (Å²) in [5, 5.41) is 9.76. The third-order valence-electron chi connectivity index (χ3n) is 2.16. The van der Waals surface area contributed by atoms with Gasteiger partial charge in [0.2, 0.25) is 0 Å². The molecular formula is C11H12Br2O3. The number of benzene rings is 1. The predicted molar refractivity (Wildman–Crippen MR) is 68.5 cm³/mol. The molecule has 0 bridgehead atoms. The first-order chi connectivity index (χ1) is 7.54. The SMILES string of the molecule is COC(=O)CCCc1cc(Br)cc(Br)c1O. The number of rotatable bonds is 4. The number of esters is 1. The minimum Gasteiger partial charge on any atom is -0.506 e. The molecule has 0 spiro atoms. The second kappa shape index (κ2) is 6.25. The molecule has 0 heterocycles. The number of hydrogen-bond acceptors (Lipinski definition) is 3. The van der Waals surface area contributed by atoms with Gasteiger partial charge in [-0.15, -0.1) is 0 Å². The van der Waals surface area contributed by atoms with E-state index < -0.39 is 0 Å². The summed E-state index contributed by atoms with van der Waals surface area (Å²) in [5.74, 6) is 0.00150. The summed E-state index contributed by atoms with van der Waals surface area (Å²) in [6.07, 6.45) is 1.65. The topological polar surface area (TPSA) is 46.5 Å². The highest BCUT2D eigenvalue weighted by atomic mass is 79.9. The second-order valence-electron chi connectivity index (χ2n) is 3.33. The summed E-state index contributed by atoms with van der Waals surface area (Å²) in [6.45, 7) is 0. The minimum atomic E-state index is -0.228. The third kappa shape index (κ3) is 3.79. The third-order valence-corrected chi connectivity index (χ3v) is 3.22. The van der Waals surface area contributed by atoms with Crippen molar-refractivity contribution in [1.82, 2.24) is 0 Å². The van der Waals surface area contributed by atoms with Crippen LogP contribution in [0.2, 0.25) is 0 Å². The highest BCUT2D eigenvalue weighted by molar-refractivity contribution is 9.11. The van der Waals surface area contributed by atoms with Crippen LogP contribution >= 0.6 is 31.9 Å². The Hall–Kier alpha value is -0.550. The lowest BCUT2D eigenvalue weighted by atomic mass is 10.1. The number of carbonyl (C=O) groups excluding carboxylic acids is 1. The Morgan fingerprint density at radius 1 is 1.44 bits per heavy atom. The minimum absolute atomic E-state index is 0.228. The standard InChI is InChI=1S/C11H12Br2O3/c1-16-10(14)4-2-3-7-5-8(12)6-9(13)11(7)15/h5-6,15H,2-4H2,1H3. The number of aryl methyl sites for hydroxylation is 1. The van der Waals surface area contributed by atoms with E-state index in [1.54, 1.807) is 6.07 Å². The number of carbonyl (C=O) groups is 1. The van der Waals surface area contributed by atoms with E-state index >= 15 is 0 Å². The largest absolute Gasteiger partial charge is 0.506 e. The zero-order chi connectivity index (χ0) is 12.1. The molecule has 0 aliphatic heterocycles. The van der Waals surface area contributed by atoms with Gasteiger partial charge in [-0.25, -0.2) is 0 Å². The van der Waals surface area contributed by atoms with Crippen LogP contribution in [0.1, 0.15) is 18.4 Å². The fraction of sp³-hybridized carbons (Fsp3) is 0.364. The Balaban J connectivity index is 2.63. The molecule has 1 N–H and O–H groups in total. The molecule has 0 saturated carbocycles.